The van der Waals surface area contributed by atoms with Gasteiger partial charge in [0.1, 0.15) is 42.0 Å². The fourth-order valence-corrected chi connectivity index (χ4v) is 9.77. The molecule has 2 aromatic heterocycles. The Kier molecular flexibility index (Phi) is 18.1. The van der Waals surface area contributed by atoms with E-state index in [4.69, 9.17) is 24.1 Å². The van der Waals surface area contributed by atoms with Gasteiger partial charge < -0.3 is 50.9 Å². The van der Waals surface area contributed by atoms with Crippen molar-refractivity contribution in [2.45, 2.75) is 63.6 Å². The van der Waals surface area contributed by atoms with Gasteiger partial charge in [0, 0.05) is 30.7 Å². The molecule has 1 aliphatic rings. The van der Waals surface area contributed by atoms with E-state index in [2.05, 4.69) is 34.4 Å². The van der Waals surface area contributed by atoms with Crippen LogP contribution in [0.4, 0.5) is 5.82 Å². The minimum absolute atomic E-state index is 0.0160. The van der Waals surface area contributed by atoms with Crippen LogP contribution in [-0.4, -0.2) is 136 Å². The number of benzene rings is 1. The fraction of sp³-hybridized carbons (Fsp3) is 0.500. The number of fused-ring (bicyclic) bond motifs is 1. The van der Waals surface area contributed by atoms with Gasteiger partial charge in [-0.25, -0.2) is 28.6 Å². The molecule has 1 saturated heterocycles. The van der Waals surface area contributed by atoms with Crippen molar-refractivity contribution in [2.75, 3.05) is 37.8 Å². The summed E-state index contributed by atoms with van der Waals surface area (Å²) in [7, 11) is -20.7. The van der Waals surface area contributed by atoms with Crippen molar-refractivity contribution in [1.82, 2.24) is 30.2 Å². The van der Waals surface area contributed by atoms with Crippen LogP contribution in [0.5, 0.6) is 0 Å². The number of phosphoric acid groups is 3. The summed E-state index contributed by atoms with van der Waals surface area (Å²) >= 11 is 0.915. The molecule has 4 rings (SSSR count). The van der Waals surface area contributed by atoms with Crippen molar-refractivity contribution in [3.8, 4) is 0 Å². The highest BCUT2D eigenvalue weighted by Gasteiger charge is 2.50. The number of hydrogen-bond acceptors (Lipinski definition) is 20. The molecule has 64 heavy (non-hydrogen) atoms. The number of phosphoric ester groups is 3. The number of allylic oxidation sites excluding steroid dienone is 1. The summed E-state index contributed by atoms with van der Waals surface area (Å²) in [6, 6.07) is 6.21. The predicted octanol–water partition coefficient (Wildman–Crippen LogP) is 0.156. The first kappa shape index (κ1) is 53.0. The van der Waals surface area contributed by atoms with Gasteiger partial charge in [0.25, 0.3) is 10.1 Å². The van der Waals surface area contributed by atoms with E-state index in [0.717, 1.165) is 29.0 Å². The number of aromatic nitrogens is 4. The Balaban J connectivity index is 1.19. The van der Waals surface area contributed by atoms with Gasteiger partial charge in [-0.3, -0.25) is 37.1 Å². The van der Waals surface area contributed by atoms with E-state index >= 15 is 0 Å². The number of nitrogens with two attached hydrogens (primary N) is 1. The molecule has 0 spiro atoms. The normalized spacial score (nSPS) is 20.9. The number of aliphatic hydroxyl groups excluding tert-OH is 2. The zero-order chi connectivity index (χ0) is 47.8. The van der Waals surface area contributed by atoms with Crippen molar-refractivity contribution < 1.29 is 93.5 Å². The van der Waals surface area contributed by atoms with Gasteiger partial charge in [-0.1, -0.05) is 49.9 Å². The summed E-state index contributed by atoms with van der Waals surface area (Å²) in [5, 5.41) is 26.1. The number of nitrogens with zero attached hydrogens (tertiary/aromatic N) is 4. The summed E-state index contributed by atoms with van der Waals surface area (Å²) in [4.78, 5) is 88.3. The average Bonchev–Trinajstić information content (AvgIpc) is 3.74. The predicted molar refractivity (Wildman–Crippen MR) is 222 cm³/mol. The number of carbonyl (C=O) groups is 3. The van der Waals surface area contributed by atoms with E-state index in [0.29, 0.717) is 16.7 Å². The average molecular weight is 1010 g/mol. The Morgan fingerprint density at radius 1 is 1.03 bits per heavy atom. The fourth-order valence-electron chi connectivity index (χ4n) is 5.66. The molecule has 11 N–H and O–H groups in total. The topological polar surface area (TPSA) is 418 Å². The van der Waals surface area contributed by atoms with Crippen LogP contribution in [-0.2, 0) is 66.6 Å². The molecule has 2 amide bonds. The second-order valence-electron chi connectivity index (χ2n) is 14.5. The summed E-state index contributed by atoms with van der Waals surface area (Å²) < 4.78 is 93.3. The third-order valence-corrected chi connectivity index (χ3v) is 13.4. The molecular formula is C32H46N7O20P3S2. The highest BCUT2D eigenvalue weighted by Crippen LogP contribution is 2.61. The number of anilines is 1. The van der Waals surface area contributed by atoms with E-state index in [-0.39, 0.29) is 47.4 Å². The van der Waals surface area contributed by atoms with Gasteiger partial charge in [-0.2, -0.15) is 12.7 Å². The number of rotatable bonds is 23. The summed E-state index contributed by atoms with van der Waals surface area (Å²) in [6.07, 6.45) is -5.77. The van der Waals surface area contributed by atoms with Crippen LogP contribution in [0.15, 0.2) is 43.0 Å². The van der Waals surface area contributed by atoms with Crippen LogP contribution in [0.2, 0.25) is 0 Å². The van der Waals surface area contributed by atoms with Gasteiger partial charge >= 0.3 is 23.5 Å². The summed E-state index contributed by atoms with van der Waals surface area (Å²) in [5.74, 6) is -1.93. The number of nitrogens with one attached hydrogen (secondary N) is 2. The minimum atomic E-state index is -5.60. The maximum atomic E-state index is 12.7. The van der Waals surface area contributed by atoms with Crippen LogP contribution in [0.3, 0.4) is 0 Å². The van der Waals surface area contributed by atoms with E-state index in [9.17, 15) is 66.3 Å². The molecule has 27 nitrogen and oxygen atoms in total. The van der Waals surface area contributed by atoms with Crippen molar-refractivity contribution >= 4 is 84.8 Å². The van der Waals surface area contributed by atoms with Crippen molar-refractivity contribution in [1.29, 1.82) is 0 Å². The second-order valence-corrected chi connectivity index (χ2v) is 21.3. The molecule has 1 aromatic carbocycles. The molecule has 0 radical (unpaired) electrons. The van der Waals surface area contributed by atoms with Gasteiger partial charge in [0.2, 0.25) is 16.9 Å². The van der Waals surface area contributed by atoms with E-state index in [1.165, 1.54) is 32.1 Å². The first-order chi connectivity index (χ1) is 29.6. The molecule has 1 aliphatic heterocycles. The van der Waals surface area contributed by atoms with Crippen molar-refractivity contribution in [3.63, 3.8) is 0 Å². The number of amides is 2. The Labute approximate surface area is 368 Å². The van der Waals surface area contributed by atoms with E-state index in [1.807, 2.05) is 0 Å². The maximum Gasteiger partial charge on any atom is 0.481 e. The second kappa shape index (κ2) is 21.8. The van der Waals surface area contributed by atoms with Gasteiger partial charge in [-0.05, 0) is 29.7 Å². The van der Waals surface area contributed by atoms with Crippen LogP contribution >= 0.6 is 35.2 Å². The highest BCUT2D eigenvalue weighted by atomic mass is 32.2. The molecule has 1 fully saturated rings. The number of hydrogen-bond donors (Lipinski definition) is 10. The number of carbonyl (C=O) groups excluding carboxylic acids is 3. The maximum absolute atomic E-state index is 12.7. The molecule has 32 heteroatoms. The van der Waals surface area contributed by atoms with E-state index in [1.54, 1.807) is 19.1 Å². The number of nitrogen functional groups attached to an aromatic ring is 1. The molecule has 356 valence electrons. The minimum Gasteiger partial charge on any atom is -0.386 e. The molecule has 7 atom stereocenters. The third kappa shape index (κ3) is 16.1. The lowest BCUT2D eigenvalue weighted by Crippen LogP contribution is -2.46. The van der Waals surface area contributed by atoms with Crippen molar-refractivity contribution in [2.24, 2.45) is 5.41 Å². The lowest BCUT2D eigenvalue weighted by atomic mass is 9.87. The number of ether oxygens (including phenoxy) is 1. The van der Waals surface area contributed by atoms with Crippen LogP contribution < -0.4 is 16.4 Å². The Hall–Kier alpha value is -3.57. The molecule has 3 aromatic rings. The first-order valence-electron chi connectivity index (χ1n) is 18.3. The smallest absolute Gasteiger partial charge is 0.386 e. The van der Waals surface area contributed by atoms with Gasteiger partial charge in [0.15, 0.2) is 17.7 Å². The van der Waals surface area contributed by atoms with Crippen molar-refractivity contribution in [3.05, 3.63) is 54.1 Å². The standard InChI is InChI=1S/C32H46N7O20P3S2/c1-18(20-6-4-19(5-7-20)14-64(52,53)54)12-23(41)63-11-10-34-22(40)8-9-35-30(44)27(43)32(2,3)15-56-62(50,51)59-61(48,49)55-13-21-26(58-60(45,46)47)25(42)31(57-21)39-17-38-24-28(33)36-16-37-29(24)39/h4-7,12,16-17,21,25-27,31,42-43H,8-11,13-15H2,1-3H3,(H,34,40)(H,35,44)(H,48,49)(H,50,51)(H2,33,36,37)(H2,45,46,47)(H,52,53,54)/b18-12-. The highest BCUT2D eigenvalue weighted by molar-refractivity contribution is 8.14. The third-order valence-electron chi connectivity index (χ3n) is 8.84. The largest absolute Gasteiger partial charge is 0.481 e. The number of imidazole rings is 1. The molecule has 7 unspecified atom stereocenters. The summed E-state index contributed by atoms with van der Waals surface area (Å²) in [6.45, 7) is 1.88. The zero-order valence-electron chi connectivity index (χ0n) is 33.8. The number of thioether (sulfide) groups is 1. The molecule has 0 aliphatic carbocycles. The molecule has 0 saturated carbocycles. The SMILES string of the molecule is C/C(=C/C(=O)SCCNC(=O)CCNC(=O)C(O)C(C)(C)COP(=O)(O)OP(=O)(O)OCC1OC(n2cnc3c(N)ncnc32)C(O)C1OP(=O)(O)O)c1ccc(CS(=O)(=O)O)cc1. The van der Waals surface area contributed by atoms with E-state index < -0.39 is 100 Å². The Morgan fingerprint density at radius 3 is 2.33 bits per heavy atom. The monoisotopic (exact) mass is 1010 g/mol. The zero-order valence-corrected chi connectivity index (χ0v) is 38.2. The molecule has 3 heterocycles. The summed E-state index contributed by atoms with van der Waals surface area (Å²) in [5.41, 5.74) is 5.80. The lowest BCUT2D eigenvalue weighted by Gasteiger charge is -2.30. The van der Waals surface area contributed by atoms with Gasteiger partial charge in [-0.15, -0.1) is 0 Å². The van der Waals surface area contributed by atoms with Crippen LogP contribution in [0.1, 0.15) is 44.5 Å². The molecular weight excluding hydrogens is 959 g/mol. The van der Waals surface area contributed by atoms with Gasteiger partial charge in [0.05, 0.1) is 19.5 Å². The Morgan fingerprint density at radius 2 is 1.69 bits per heavy atom. The number of aliphatic hydroxyl groups is 2. The quantitative estimate of drug-likeness (QED) is 0.0262. The molecule has 0 bridgehead atoms. The first-order valence-corrected chi connectivity index (χ1v) is 25.5. The Bertz CT molecular complexity index is 2450. The van der Waals surface area contributed by atoms with Crippen LogP contribution in [0, 0.1) is 5.41 Å². The lowest BCUT2D eigenvalue weighted by molar-refractivity contribution is -0.137. The van der Waals surface area contributed by atoms with Crippen LogP contribution in [0.25, 0.3) is 16.7 Å².